The minimum absolute atomic E-state index is 0.513. The highest BCUT2D eigenvalue weighted by Gasteiger charge is 2.21. The van der Waals surface area contributed by atoms with Gasteiger partial charge in [-0.25, -0.2) is 9.97 Å². The van der Waals surface area contributed by atoms with Crippen LogP contribution in [0.15, 0.2) is 36.7 Å². The van der Waals surface area contributed by atoms with Crippen LogP contribution in [0.5, 0.6) is 5.75 Å². The Morgan fingerprint density at radius 3 is 2.28 bits per heavy atom. The molecule has 0 saturated heterocycles. The van der Waals surface area contributed by atoms with E-state index in [1.807, 2.05) is 0 Å². The molecule has 0 amide bonds. The molecular formula is C22H26N2O. The van der Waals surface area contributed by atoms with Crippen LogP contribution in [0.1, 0.15) is 68.3 Å². The van der Waals surface area contributed by atoms with Crippen molar-refractivity contribution in [3.63, 3.8) is 0 Å². The molecule has 1 heterocycles. The Labute approximate surface area is 150 Å². The van der Waals surface area contributed by atoms with E-state index in [2.05, 4.69) is 53.0 Å². The van der Waals surface area contributed by atoms with Crippen molar-refractivity contribution >= 4 is 0 Å². The average Bonchev–Trinajstić information content (AvgIpc) is 2.68. The van der Waals surface area contributed by atoms with E-state index in [4.69, 9.17) is 4.74 Å². The molecule has 0 N–H and O–H groups in total. The van der Waals surface area contributed by atoms with Crippen LogP contribution in [0.4, 0.5) is 0 Å². The van der Waals surface area contributed by atoms with Gasteiger partial charge in [-0.05, 0) is 61.1 Å². The van der Waals surface area contributed by atoms with Crippen LogP contribution < -0.4 is 4.74 Å². The van der Waals surface area contributed by atoms with Crippen molar-refractivity contribution in [2.45, 2.75) is 51.4 Å². The molecule has 3 rings (SSSR count). The highest BCUT2D eigenvalue weighted by Crippen LogP contribution is 2.37. The molecular weight excluding hydrogens is 308 g/mol. The molecule has 1 aromatic carbocycles. The van der Waals surface area contributed by atoms with E-state index < -0.39 is 0 Å². The molecule has 0 radical (unpaired) electrons. The Morgan fingerprint density at radius 2 is 1.68 bits per heavy atom. The second kappa shape index (κ2) is 8.67. The lowest BCUT2D eigenvalue weighted by molar-refractivity contribution is 0.308. The van der Waals surface area contributed by atoms with Crippen molar-refractivity contribution in [1.82, 2.24) is 9.97 Å². The summed E-state index contributed by atoms with van der Waals surface area (Å²) in [7, 11) is 1.60. The monoisotopic (exact) mass is 334 g/mol. The van der Waals surface area contributed by atoms with Gasteiger partial charge in [-0.15, -0.1) is 0 Å². The maximum Gasteiger partial charge on any atom is 0.205 e. The molecule has 0 atom stereocenters. The summed E-state index contributed by atoms with van der Waals surface area (Å²) in [6, 6.07) is 8.71. The van der Waals surface area contributed by atoms with Gasteiger partial charge in [0.1, 0.15) is 0 Å². The lowest BCUT2D eigenvalue weighted by Crippen LogP contribution is -2.13. The van der Waals surface area contributed by atoms with Gasteiger partial charge in [0, 0.05) is 5.56 Å². The molecule has 3 nitrogen and oxygen atoms in total. The van der Waals surface area contributed by atoms with Crippen LogP contribution in [0.2, 0.25) is 0 Å². The quantitative estimate of drug-likeness (QED) is 0.741. The van der Waals surface area contributed by atoms with E-state index in [1.165, 1.54) is 44.1 Å². The van der Waals surface area contributed by atoms with Crippen LogP contribution >= 0.6 is 0 Å². The van der Waals surface area contributed by atoms with Gasteiger partial charge >= 0.3 is 0 Å². The van der Waals surface area contributed by atoms with E-state index in [9.17, 15) is 0 Å². The summed E-state index contributed by atoms with van der Waals surface area (Å²) in [5.41, 5.74) is 2.46. The Bertz CT molecular complexity index is 717. The largest absolute Gasteiger partial charge is 0.494 e. The molecule has 3 heteroatoms. The van der Waals surface area contributed by atoms with Crippen LogP contribution in [0.25, 0.3) is 0 Å². The molecule has 130 valence electrons. The van der Waals surface area contributed by atoms with Crippen LogP contribution in [0, 0.1) is 17.8 Å². The number of nitrogens with zero attached hydrogens (tertiary/aromatic N) is 2. The SMILES string of the molecule is CCCC1CCC(c2ccc(C#Cc3ncc(OC)cn3)cc2)CC1. The number of benzene rings is 1. The Balaban J connectivity index is 1.60. The standard InChI is InChI=1S/C22H26N2O/c1-3-4-17-5-10-19(11-6-17)20-12-7-18(8-13-20)9-14-22-23-15-21(25-2)16-24-22/h7-8,12-13,15-17,19H,3-6,10-11H2,1-2H3. The van der Waals surface area contributed by atoms with E-state index in [0.717, 1.165) is 17.4 Å². The van der Waals surface area contributed by atoms with Gasteiger partial charge in [0.15, 0.2) is 5.75 Å². The summed E-state index contributed by atoms with van der Waals surface area (Å²) in [5, 5.41) is 0. The zero-order chi connectivity index (χ0) is 17.5. The van der Waals surface area contributed by atoms with Gasteiger partial charge in [-0.1, -0.05) is 37.8 Å². The summed E-state index contributed by atoms with van der Waals surface area (Å²) < 4.78 is 5.05. The van der Waals surface area contributed by atoms with Gasteiger partial charge in [0.05, 0.1) is 19.5 Å². The first-order chi connectivity index (χ1) is 12.3. The Kier molecular flexibility index (Phi) is 6.06. The van der Waals surface area contributed by atoms with Gasteiger partial charge in [0.2, 0.25) is 5.82 Å². The second-order valence-corrected chi connectivity index (χ2v) is 6.82. The second-order valence-electron chi connectivity index (χ2n) is 6.82. The average molecular weight is 334 g/mol. The van der Waals surface area contributed by atoms with E-state index >= 15 is 0 Å². The van der Waals surface area contributed by atoms with Crippen LogP contribution in [-0.4, -0.2) is 17.1 Å². The van der Waals surface area contributed by atoms with Gasteiger partial charge in [-0.3, -0.25) is 0 Å². The van der Waals surface area contributed by atoms with E-state index in [-0.39, 0.29) is 0 Å². The number of aromatic nitrogens is 2. The summed E-state index contributed by atoms with van der Waals surface area (Å²) in [6.07, 6.45) is 11.4. The van der Waals surface area contributed by atoms with Crippen molar-refractivity contribution in [2.24, 2.45) is 5.92 Å². The third kappa shape index (κ3) is 4.82. The third-order valence-corrected chi connectivity index (χ3v) is 5.11. The number of rotatable bonds is 4. The van der Waals surface area contributed by atoms with Crippen molar-refractivity contribution in [3.05, 3.63) is 53.6 Å². The van der Waals surface area contributed by atoms with Crippen LogP contribution in [-0.2, 0) is 0 Å². The molecule has 1 aromatic heterocycles. The highest BCUT2D eigenvalue weighted by atomic mass is 16.5. The molecule has 1 aliphatic rings. The lowest BCUT2D eigenvalue weighted by atomic mass is 9.77. The van der Waals surface area contributed by atoms with Crippen molar-refractivity contribution in [3.8, 4) is 17.6 Å². The maximum atomic E-state index is 5.05. The molecule has 0 spiro atoms. The summed E-state index contributed by atoms with van der Waals surface area (Å²) in [5.74, 6) is 8.97. The first-order valence-electron chi connectivity index (χ1n) is 9.26. The summed E-state index contributed by atoms with van der Waals surface area (Å²) >= 11 is 0. The zero-order valence-electron chi connectivity index (χ0n) is 15.2. The van der Waals surface area contributed by atoms with Crippen molar-refractivity contribution in [1.29, 1.82) is 0 Å². The Morgan fingerprint density at radius 1 is 1.00 bits per heavy atom. The predicted molar refractivity (Wildman–Crippen MR) is 101 cm³/mol. The van der Waals surface area contributed by atoms with E-state index in [1.54, 1.807) is 19.5 Å². The fraction of sp³-hybridized carbons (Fsp3) is 0.455. The smallest absolute Gasteiger partial charge is 0.205 e. The van der Waals surface area contributed by atoms with Crippen LogP contribution in [0.3, 0.4) is 0 Å². The normalized spacial score (nSPS) is 19.8. The number of methoxy groups -OCH3 is 1. The van der Waals surface area contributed by atoms with Gasteiger partial charge < -0.3 is 4.74 Å². The first kappa shape index (κ1) is 17.5. The molecule has 1 saturated carbocycles. The van der Waals surface area contributed by atoms with Gasteiger partial charge in [-0.2, -0.15) is 0 Å². The number of ether oxygens (including phenoxy) is 1. The fourth-order valence-corrected chi connectivity index (χ4v) is 3.65. The minimum Gasteiger partial charge on any atom is -0.494 e. The Hall–Kier alpha value is -2.34. The predicted octanol–water partition coefficient (Wildman–Crippen LogP) is 4.96. The molecule has 0 unspecified atom stereocenters. The van der Waals surface area contributed by atoms with Gasteiger partial charge in [0.25, 0.3) is 0 Å². The minimum atomic E-state index is 0.513. The molecule has 0 aliphatic heterocycles. The summed E-state index contributed by atoms with van der Waals surface area (Å²) in [6.45, 7) is 2.29. The lowest BCUT2D eigenvalue weighted by Gasteiger charge is -2.28. The molecule has 0 bridgehead atoms. The highest BCUT2D eigenvalue weighted by molar-refractivity contribution is 5.40. The maximum absolute atomic E-state index is 5.05. The molecule has 2 aromatic rings. The van der Waals surface area contributed by atoms with E-state index in [0.29, 0.717) is 11.6 Å². The third-order valence-electron chi connectivity index (χ3n) is 5.11. The van der Waals surface area contributed by atoms with Crippen molar-refractivity contribution in [2.75, 3.05) is 7.11 Å². The molecule has 1 fully saturated rings. The van der Waals surface area contributed by atoms with Crippen molar-refractivity contribution < 1.29 is 4.74 Å². The first-order valence-corrected chi connectivity index (χ1v) is 9.26. The number of hydrogen-bond acceptors (Lipinski definition) is 3. The summed E-state index contributed by atoms with van der Waals surface area (Å²) in [4.78, 5) is 8.34. The molecule has 1 aliphatic carbocycles. The zero-order valence-corrected chi connectivity index (χ0v) is 15.2. The number of hydrogen-bond donors (Lipinski definition) is 0. The fourth-order valence-electron chi connectivity index (χ4n) is 3.65. The topological polar surface area (TPSA) is 35.0 Å². The molecule has 25 heavy (non-hydrogen) atoms.